The monoisotopic (exact) mass is 280 g/mol. The minimum absolute atomic E-state index is 0. The Labute approximate surface area is 76.2 Å². The normalized spacial score (nSPS) is 0. The Balaban J connectivity index is 0. The van der Waals surface area contributed by atoms with Gasteiger partial charge in [-0.05, 0) is 0 Å². The first-order valence-electron chi connectivity index (χ1n) is 0. The van der Waals surface area contributed by atoms with Crippen molar-refractivity contribution in [3.8, 4) is 0 Å². The number of halogens is 2. The van der Waals surface area contributed by atoms with Gasteiger partial charge in [-0.2, -0.15) is 0 Å². The van der Waals surface area contributed by atoms with Gasteiger partial charge < -0.3 is 52.2 Å². The van der Waals surface area contributed by atoms with Crippen LogP contribution in [-0.2, 0) is 0 Å². The molecule has 0 fully saturated rings. The Morgan fingerprint density at radius 3 is 0.375 bits per heavy atom. The maximum Gasteiger partial charge on any atom is 2.00 e. The Hall–Kier alpha value is 1.18. The van der Waals surface area contributed by atoms with Gasteiger partial charge in [-0.3, -0.25) is 0 Å². The maximum atomic E-state index is 0. The van der Waals surface area contributed by atoms with Crippen LogP contribution in [0.25, 0.3) is 0 Å². The topological polar surface area (TPSA) is 158 Å². The zero-order chi connectivity index (χ0) is 0. The second-order valence-corrected chi connectivity index (χ2v) is 0. The summed E-state index contributed by atoms with van der Waals surface area (Å²) in [6.45, 7) is 0. The molecule has 58 valence electrons. The first-order valence-corrected chi connectivity index (χ1v) is 0. The predicted molar refractivity (Wildman–Crippen MR) is 23.8 cm³/mol. The summed E-state index contributed by atoms with van der Waals surface area (Å²) in [6.07, 6.45) is 0. The van der Waals surface area contributed by atoms with E-state index in [0.29, 0.717) is 0 Å². The molecule has 10 N–H and O–H groups in total. The summed E-state index contributed by atoms with van der Waals surface area (Å²) in [6, 6.07) is 0. The molecule has 0 saturated carbocycles. The molecule has 0 atom stereocenters. The molecule has 0 aliphatic heterocycles. The quantitative estimate of drug-likeness (QED) is 0.386. The van der Waals surface area contributed by atoms with E-state index in [9.17, 15) is 0 Å². The van der Waals surface area contributed by atoms with Gasteiger partial charge in [0.25, 0.3) is 0 Å². The third-order valence-electron chi connectivity index (χ3n) is 0. The molecule has 8 heteroatoms. The summed E-state index contributed by atoms with van der Waals surface area (Å²) in [5.41, 5.74) is 0. The molecule has 0 aliphatic carbocycles. The van der Waals surface area contributed by atoms with Crippen molar-refractivity contribution in [2.75, 3.05) is 0 Å². The molecule has 0 aromatic heterocycles. The standard InChI is InChI=1S/2ClH.5H2O.Sn/h2*1H;5*1H2;/q;;;;;;;+2/p-2. The van der Waals surface area contributed by atoms with Crippen LogP contribution in [0.3, 0.4) is 0 Å². The SMILES string of the molecule is O.O.O.O.O.[Cl-].[Cl-].[Sn+2]. The molecule has 0 aromatic carbocycles. The minimum atomic E-state index is 0. The van der Waals surface area contributed by atoms with Crippen molar-refractivity contribution in [2.24, 2.45) is 0 Å². The van der Waals surface area contributed by atoms with E-state index in [4.69, 9.17) is 0 Å². The van der Waals surface area contributed by atoms with Crippen LogP contribution < -0.4 is 24.8 Å². The summed E-state index contributed by atoms with van der Waals surface area (Å²) in [4.78, 5) is 0. The molecule has 0 unspecified atom stereocenters. The van der Waals surface area contributed by atoms with Crippen LogP contribution in [0.5, 0.6) is 0 Å². The van der Waals surface area contributed by atoms with E-state index >= 15 is 0 Å². The first kappa shape index (κ1) is 442. The van der Waals surface area contributed by atoms with Crippen LogP contribution in [0.1, 0.15) is 0 Å². The van der Waals surface area contributed by atoms with Crippen LogP contribution in [0.4, 0.5) is 0 Å². The number of hydrogen-bond donors (Lipinski definition) is 0. The van der Waals surface area contributed by atoms with Crippen molar-refractivity contribution >= 4 is 23.9 Å². The molecule has 0 rings (SSSR count). The molecule has 0 bridgehead atoms. The fourth-order valence-electron chi connectivity index (χ4n) is 0. The second kappa shape index (κ2) is 303. The van der Waals surface area contributed by atoms with E-state index < -0.39 is 0 Å². The fraction of sp³-hybridized carbons (Fsp3) is 0. The van der Waals surface area contributed by atoms with Crippen LogP contribution >= 0.6 is 0 Å². The summed E-state index contributed by atoms with van der Waals surface area (Å²) < 4.78 is 0. The van der Waals surface area contributed by atoms with E-state index in [1.807, 2.05) is 0 Å². The molecular formula is H10Cl2O5Sn. The van der Waals surface area contributed by atoms with E-state index in [1.165, 1.54) is 0 Å². The van der Waals surface area contributed by atoms with Gasteiger partial charge in [-0.25, -0.2) is 0 Å². The molecule has 0 aromatic rings. The van der Waals surface area contributed by atoms with Crippen molar-refractivity contribution in [3.05, 3.63) is 0 Å². The molecule has 0 spiro atoms. The van der Waals surface area contributed by atoms with Crippen LogP contribution in [0, 0.1) is 0 Å². The molecule has 0 aliphatic rings. The van der Waals surface area contributed by atoms with Gasteiger partial charge in [0.2, 0.25) is 0 Å². The van der Waals surface area contributed by atoms with Gasteiger partial charge in [-0.15, -0.1) is 0 Å². The Bertz CT molecular complexity index is 10.4. The Morgan fingerprint density at radius 1 is 0.375 bits per heavy atom. The second-order valence-electron chi connectivity index (χ2n) is 0. The number of hydrogen-bond acceptors (Lipinski definition) is 0. The summed E-state index contributed by atoms with van der Waals surface area (Å²) in [5.74, 6) is 0. The van der Waals surface area contributed by atoms with E-state index in [1.54, 1.807) is 0 Å². The minimum Gasteiger partial charge on any atom is -1.00 e. The Morgan fingerprint density at radius 2 is 0.375 bits per heavy atom. The zero-order valence-electron chi connectivity index (χ0n) is 3.76. The summed E-state index contributed by atoms with van der Waals surface area (Å²) in [5, 5.41) is 0. The van der Waals surface area contributed by atoms with Crippen molar-refractivity contribution in [1.29, 1.82) is 0 Å². The molecule has 8 heavy (non-hydrogen) atoms. The maximum absolute atomic E-state index is 0. The molecule has 0 saturated heterocycles. The van der Waals surface area contributed by atoms with E-state index in [2.05, 4.69) is 0 Å². The molecule has 2 radical (unpaired) electrons. The molecule has 5 nitrogen and oxygen atoms in total. The fourth-order valence-corrected chi connectivity index (χ4v) is 0. The Kier molecular flexibility index (Phi) is 16800. The van der Waals surface area contributed by atoms with Gasteiger partial charge >= 0.3 is 23.9 Å². The van der Waals surface area contributed by atoms with Crippen molar-refractivity contribution in [2.45, 2.75) is 0 Å². The predicted octanol–water partition coefficient (Wildman–Crippen LogP) is -10.5. The van der Waals surface area contributed by atoms with Crippen molar-refractivity contribution < 1.29 is 52.2 Å². The van der Waals surface area contributed by atoms with E-state index in [-0.39, 0.29) is 76.1 Å². The zero-order valence-corrected chi connectivity index (χ0v) is 8.12. The largest absolute Gasteiger partial charge is 2.00 e. The van der Waals surface area contributed by atoms with Crippen LogP contribution in [-0.4, -0.2) is 51.3 Å². The van der Waals surface area contributed by atoms with Gasteiger partial charge in [0.1, 0.15) is 0 Å². The average molecular weight is 280 g/mol. The molecule has 0 heterocycles. The van der Waals surface area contributed by atoms with Crippen molar-refractivity contribution in [1.82, 2.24) is 0 Å². The number of rotatable bonds is 0. The average Bonchev–Trinajstić information content (AvgIpc) is 0. The van der Waals surface area contributed by atoms with Gasteiger partial charge in [0, 0.05) is 0 Å². The summed E-state index contributed by atoms with van der Waals surface area (Å²) in [7, 11) is 0. The molecular weight excluding hydrogens is 270 g/mol. The van der Waals surface area contributed by atoms with Crippen molar-refractivity contribution in [3.63, 3.8) is 0 Å². The molecule has 0 amide bonds. The van der Waals surface area contributed by atoms with E-state index in [0.717, 1.165) is 0 Å². The van der Waals surface area contributed by atoms with Gasteiger partial charge in [0.05, 0.1) is 0 Å². The van der Waals surface area contributed by atoms with Crippen LogP contribution in [0.2, 0.25) is 0 Å². The summed E-state index contributed by atoms with van der Waals surface area (Å²) >= 11 is 0. The third-order valence-corrected chi connectivity index (χ3v) is 0. The van der Waals surface area contributed by atoms with Gasteiger partial charge in [-0.1, -0.05) is 0 Å². The third kappa shape index (κ3) is 197. The smallest absolute Gasteiger partial charge is 1.00 e. The van der Waals surface area contributed by atoms with Gasteiger partial charge in [0.15, 0.2) is 0 Å². The first-order chi connectivity index (χ1) is 0. The van der Waals surface area contributed by atoms with Crippen LogP contribution in [0.15, 0.2) is 0 Å².